The van der Waals surface area contributed by atoms with Crippen LogP contribution in [0.15, 0.2) is 67.1 Å². The summed E-state index contributed by atoms with van der Waals surface area (Å²) in [4.78, 5) is 9.21. The van der Waals surface area contributed by atoms with E-state index >= 15 is 0 Å². The molecule has 4 aromatic rings. The topological polar surface area (TPSA) is 42.7 Å². The number of aryl methyl sites for hydroxylation is 1. The Kier molecular flexibility index (Phi) is 3.49. The molecule has 0 spiro atoms. The Labute approximate surface area is 152 Å². The van der Waals surface area contributed by atoms with E-state index < -0.39 is 0 Å². The fraction of sp³-hybridized carbons (Fsp3) is 0.182. The average Bonchev–Trinajstić information content (AvgIpc) is 3.41. The van der Waals surface area contributed by atoms with Gasteiger partial charge < -0.3 is 9.88 Å². The summed E-state index contributed by atoms with van der Waals surface area (Å²) in [6, 6.07) is 19.4. The molecule has 1 aliphatic carbocycles. The normalized spacial score (nSPS) is 13.9. The number of aromatic nitrogens is 3. The van der Waals surface area contributed by atoms with Gasteiger partial charge in [0, 0.05) is 23.5 Å². The molecule has 1 saturated carbocycles. The molecular weight excluding hydrogens is 320 g/mol. The first-order chi connectivity index (χ1) is 12.8. The van der Waals surface area contributed by atoms with Crippen LogP contribution in [0.3, 0.4) is 0 Å². The molecule has 4 nitrogen and oxygen atoms in total. The highest BCUT2D eigenvalue weighted by Gasteiger charge is 2.24. The van der Waals surface area contributed by atoms with Gasteiger partial charge in [-0.25, -0.2) is 9.97 Å². The monoisotopic (exact) mass is 340 g/mol. The second kappa shape index (κ2) is 5.99. The summed E-state index contributed by atoms with van der Waals surface area (Å²) in [5.74, 6) is 0.934. The van der Waals surface area contributed by atoms with Gasteiger partial charge >= 0.3 is 0 Å². The van der Waals surface area contributed by atoms with E-state index in [-0.39, 0.29) is 0 Å². The first-order valence-electron chi connectivity index (χ1n) is 9.05. The summed E-state index contributed by atoms with van der Waals surface area (Å²) in [6.07, 6.45) is 6.28. The Balaban J connectivity index is 1.81. The highest BCUT2D eigenvalue weighted by molar-refractivity contribution is 6.02. The standard InChI is InChI=1S/C22H20N4/c1-15-7-5-6-10-19(15)26-13-18(16-8-3-2-4-9-16)20-21(25-17-11-12-17)23-14-24-22(20)26/h2-10,13-14,17H,11-12H2,1H3,(H,23,24,25). The van der Waals surface area contributed by atoms with Crippen LogP contribution in [-0.2, 0) is 0 Å². The molecule has 0 aliphatic heterocycles. The number of para-hydroxylation sites is 1. The van der Waals surface area contributed by atoms with Crippen molar-refractivity contribution in [3.05, 3.63) is 72.7 Å². The van der Waals surface area contributed by atoms with Gasteiger partial charge in [0.25, 0.3) is 0 Å². The second-order valence-electron chi connectivity index (χ2n) is 6.90. The zero-order valence-corrected chi connectivity index (χ0v) is 14.7. The Bertz CT molecular complexity index is 1080. The summed E-state index contributed by atoms with van der Waals surface area (Å²) in [7, 11) is 0. The van der Waals surface area contributed by atoms with Gasteiger partial charge in [-0.3, -0.25) is 0 Å². The number of anilines is 1. The quantitative estimate of drug-likeness (QED) is 0.570. The molecule has 2 aromatic carbocycles. The molecule has 5 rings (SSSR count). The van der Waals surface area contributed by atoms with Crippen molar-refractivity contribution >= 4 is 16.9 Å². The van der Waals surface area contributed by atoms with E-state index in [4.69, 9.17) is 0 Å². The van der Waals surface area contributed by atoms with Crippen LogP contribution < -0.4 is 5.32 Å². The zero-order chi connectivity index (χ0) is 17.5. The van der Waals surface area contributed by atoms with Crippen molar-refractivity contribution in [1.82, 2.24) is 14.5 Å². The summed E-state index contributed by atoms with van der Waals surface area (Å²) in [6.45, 7) is 2.13. The largest absolute Gasteiger partial charge is 0.367 e. The minimum atomic E-state index is 0.540. The summed E-state index contributed by atoms with van der Waals surface area (Å²) >= 11 is 0. The minimum absolute atomic E-state index is 0.540. The zero-order valence-electron chi connectivity index (χ0n) is 14.7. The number of nitrogens with one attached hydrogen (secondary N) is 1. The maximum absolute atomic E-state index is 4.65. The van der Waals surface area contributed by atoms with Gasteiger partial charge in [0.05, 0.1) is 5.39 Å². The van der Waals surface area contributed by atoms with Crippen molar-refractivity contribution in [2.75, 3.05) is 5.32 Å². The molecule has 26 heavy (non-hydrogen) atoms. The molecule has 4 heteroatoms. The molecule has 128 valence electrons. The molecule has 1 aliphatic rings. The van der Waals surface area contributed by atoms with Gasteiger partial charge in [0.15, 0.2) is 5.65 Å². The van der Waals surface area contributed by atoms with Gasteiger partial charge in [0.1, 0.15) is 12.1 Å². The Morgan fingerprint density at radius 3 is 2.50 bits per heavy atom. The molecule has 1 fully saturated rings. The Morgan fingerprint density at radius 2 is 1.73 bits per heavy atom. The highest BCUT2D eigenvalue weighted by atomic mass is 15.1. The van der Waals surface area contributed by atoms with E-state index in [9.17, 15) is 0 Å². The van der Waals surface area contributed by atoms with Gasteiger partial charge in [-0.05, 0) is 37.0 Å². The van der Waals surface area contributed by atoms with E-state index in [2.05, 4.69) is 81.5 Å². The van der Waals surface area contributed by atoms with Gasteiger partial charge in [0.2, 0.25) is 0 Å². The highest BCUT2D eigenvalue weighted by Crippen LogP contribution is 2.37. The van der Waals surface area contributed by atoms with Crippen LogP contribution in [0.5, 0.6) is 0 Å². The summed E-state index contributed by atoms with van der Waals surface area (Å²) in [5, 5.41) is 4.68. The van der Waals surface area contributed by atoms with Crippen molar-refractivity contribution in [2.45, 2.75) is 25.8 Å². The molecule has 0 amide bonds. The van der Waals surface area contributed by atoms with Crippen molar-refractivity contribution in [3.63, 3.8) is 0 Å². The number of fused-ring (bicyclic) bond motifs is 1. The fourth-order valence-electron chi connectivity index (χ4n) is 3.45. The second-order valence-corrected chi connectivity index (χ2v) is 6.90. The maximum Gasteiger partial charge on any atom is 0.150 e. The van der Waals surface area contributed by atoms with Crippen molar-refractivity contribution in [2.24, 2.45) is 0 Å². The lowest BCUT2D eigenvalue weighted by molar-refractivity contribution is 1.05. The molecule has 2 aromatic heterocycles. The van der Waals surface area contributed by atoms with Crippen LogP contribution in [0, 0.1) is 6.92 Å². The van der Waals surface area contributed by atoms with E-state index in [0.717, 1.165) is 28.1 Å². The van der Waals surface area contributed by atoms with Crippen molar-refractivity contribution in [3.8, 4) is 16.8 Å². The third kappa shape index (κ3) is 2.54. The third-order valence-corrected chi connectivity index (χ3v) is 4.96. The fourth-order valence-corrected chi connectivity index (χ4v) is 3.45. The predicted molar refractivity (Wildman–Crippen MR) is 106 cm³/mol. The lowest BCUT2D eigenvalue weighted by atomic mass is 10.1. The first kappa shape index (κ1) is 15.1. The molecule has 2 heterocycles. The molecule has 1 N–H and O–H groups in total. The lowest BCUT2D eigenvalue weighted by Gasteiger charge is -2.09. The van der Waals surface area contributed by atoms with Crippen LogP contribution >= 0.6 is 0 Å². The van der Waals surface area contributed by atoms with Crippen LogP contribution in [0.25, 0.3) is 27.8 Å². The Morgan fingerprint density at radius 1 is 0.962 bits per heavy atom. The smallest absolute Gasteiger partial charge is 0.150 e. The van der Waals surface area contributed by atoms with Crippen LogP contribution in [0.2, 0.25) is 0 Å². The number of nitrogens with zero attached hydrogens (tertiary/aromatic N) is 3. The Hall–Kier alpha value is -3.14. The van der Waals surface area contributed by atoms with Crippen molar-refractivity contribution in [1.29, 1.82) is 0 Å². The van der Waals surface area contributed by atoms with Gasteiger partial charge in [-0.15, -0.1) is 0 Å². The van der Waals surface area contributed by atoms with Crippen LogP contribution in [0.1, 0.15) is 18.4 Å². The van der Waals surface area contributed by atoms with Gasteiger partial charge in [-0.2, -0.15) is 0 Å². The number of benzene rings is 2. The van der Waals surface area contributed by atoms with Crippen LogP contribution in [0.4, 0.5) is 5.82 Å². The summed E-state index contributed by atoms with van der Waals surface area (Å²) < 4.78 is 2.19. The predicted octanol–water partition coefficient (Wildman–Crippen LogP) is 4.97. The third-order valence-electron chi connectivity index (χ3n) is 4.96. The molecule has 0 atom stereocenters. The summed E-state index contributed by atoms with van der Waals surface area (Å²) in [5.41, 5.74) is 5.65. The number of hydrogen-bond acceptors (Lipinski definition) is 3. The van der Waals surface area contributed by atoms with Crippen molar-refractivity contribution < 1.29 is 0 Å². The van der Waals surface area contributed by atoms with E-state index in [0.29, 0.717) is 6.04 Å². The lowest BCUT2D eigenvalue weighted by Crippen LogP contribution is -2.04. The number of hydrogen-bond donors (Lipinski definition) is 1. The minimum Gasteiger partial charge on any atom is -0.367 e. The molecular formula is C22H20N4. The first-order valence-corrected chi connectivity index (χ1v) is 9.05. The van der Waals surface area contributed by atoms with Gasteiger partial charge in [-0.1, -0.05) is 48.5 Å². The molecule has 0 bridgehead atoms. The average molecular weight is 340 g/mol. The van der Waals surface area contributed by atoms with E-state index in [1.165, 1.54) is 24.0 Å². The molecule has 0 unspecified atom stereocenters. The molecule has 0 saturated heterocycles. The van der Waals surface area contributed by atoms with Crippen LogP contribution in [-0.4, -0.2) is 20.6 Å². The SMILES string of the molecule is Cc1ccccc1-n1cc(-c2ccccc2)c2c(NC3CC3)ncnc21. The number of rotatable bonds is 4. The van der Waals surface area contributed by atoms with E-state index in [1.807, 2.05) is 6.07 Å². The van der Waals surface area contributed by atoms with E-state index in [1.54, 1.807) is 6.33 Å². The maximum atomic E-state index is 4.65. The molecule has 0 radical (unpaired) electrons.